The first-order valence-corrected chi connectivity index (χ1v) is 8.23. The zero-order valence-electron chi connectivity index (χ0n) is 12.2. The molecule has 0 aliphatic carbocycles. The molecular formula is C16H19N3S2. The van der Waals surface area contributed by atoms with Gasteiger partial charge >= 0.3 is 0 Å². The standard InChI is InChI=1S/C16H19N3S2/c1-3-21-14-9-5-8-13(15(14)16(17)20)18-10-12-7-4-6-11(2)19-12/h4-9,18H,3,10H2,1-2H3,(H2,17,20). The van der Waals surface area contributed by atoms with Gasteiger partial charge in [-0.25, -0.2) is 0 Å². The number of thioether (sulfide) groups is 1. The molecule has 21 heavy (non-hydrogen) atoms. The number of thiocarbonyl (C=S) groups is 1. The van der Waals surface area contributed by atoms with Crippen molar-refractivity contribution in [3.05, 3.63) is 53.3 Å². The summed E-state index contributed by atoms with van der Waals surface area (Å²) in [7, 11) is 0. The SMILES string of the molecule is CCSc1cccc(NCc2cccc(C)n2)c1C(N)=S. The highest BCUT2D eigenvalue weighted by molar-refractivity contribution is 7.99. The van der Waals surface area contributed by atoms with Gasteiger partial charge in [-0.1, -0.05) is 31.3 Å². The van der Waals surface area contributed by atoms with Gasteiger partial charge in [-0.15, -0.1) is 11.8 Å². The Bertz CT molecular complexity index is 641. The minimum absolute atomic E-state index is 0.422. The first-order chi connectivity index (χ1) is 10.1. The number of aryl methyl sites for hydroxylation is 1. The number of rotatable bonds is 6. The molecule has 0 amide bonds. The van der Waals surface area contributed by atoms with Crippen molar-refractivity contribution in [2.45, 2.75) is 25.3 Å². The van der Waals surface area contributed by atoms with E-state index in [-0.39, 0.29) is 0 Å². The highest BCUT2D eigenvalue weighted by Gasteiger charge is 2.11. The van der Waals surface area contributed by atoms with Crippen LogP contribution in [0.4, 0.5) is 5.69 Å². The molecule has 110 valence electrons. The van der Waals surface area contributed by atoms with Gasteiger partial charge < -0.3 is 11.1 Å². The molecule has 2 rings (SSSR count). The Balaban J connectivity index is 2.23. The third-order valence-corrected chi connectivity index (χ3v) is 4.12. The Hall–Kier alpha value is -1.59. The van der Waals surface area contributed by atoms with Gasteiger partial charge in [0.25, 0.3) is 0 Å². The fourth-order valence-corrected chi connectivity index (χ4v) is 3.23. The van der Waals surface area contributed by atoms with Gasteiger partial charge in [-0.2, -0.15) is 0 Å². The molecule has 2 aromatic rings. The summed E-state index contributed by atoms with van der Waals surface area (Å²) in [5, 5.41) is 3.39. The minimum Gasteiger partial charge on any atom is -0.389 e. The van der Waals surface area contributed by atoms with E-state index in [1.807, 2.05) is 37.3 Å². The van der Waals surface area contributed by atoms with Crippen molar-refractivity contribution in [3.63, 3.8) is 0 Å². The van der Waals surface area contributed by atoms with Gasteiger partial charge in [0.2, 0.25) is 0 Å². The number of benzene rings is 1. The fourth-order valence-electron chi connectivity index (χ4n) is 2.09. The van der Waals surface area contributed by atoms with Crippen LogP contribution in [-0.2, 0) is 6.54 Å². The lowest BCUT2D eigenvalue weighted by Crippen LogP contribution is -2.15. The summed E-state index contributed by atoms with van der Waals surface area (Å²) in [6.45, 7) is 4.75. The van der Waals surface area contributed by atoms with Crippen molar-refractivity contribution >= 4 is 34.7 Å². The maximum absolute atomic E-state index is 5.90. The van der Waals surface area contributed by atoms with Crippen LogP contribution < -0.4 is 11.1 Å². The molecule has 3 N–H and O–H groups in total. The number of nitrogens with zero attached hydrogens (tertiary/aromatic N) is 1. The highest BCUT2D eigenvalue weighted by Crippen LogP contribution is 2.28. The normalized spacial score (nSPS) is 10.4. The number of anilines is 1. The zero-order chi connectivity index (χ0) is 15.2. The number of pyridine rings is 1. The van der Waals surface area contributed by atoms with Crippen LogP contribution >= 0.6 is 24.0 Å². The third kappa shape index (κ3) is 4.19. The van der Waals surface area contributed by atoms with Crippen LogP contribution in [0.1, 0.15) is 23.9 Å². The van der Waals surface area contributed by atoms with E-state index in [9.17, 15) is 0 Å². The summed E-state index contributed by atoms with van der Waals surface area (Å²) in [5.41, 5.74) is 9.80. The molecular weight excluding hydrogens is 298 g/mol. The molecule has 0 aliphatic rings. The largest absolute Gasteiger partial charge is 0.389 e. The van der Waals surface area contributed by atoms with Crippen molar-refractivity contribution in [1.82, 2.24) is 4.98 Å². The molecule has 0 saturated heterocycles. The van der Waals surface area contributed by atoms with Crippen LogP contribution in [0.2, 0.25) is 0 Å². The molecule has 0 saturated carbocycles. The van der Waals surface area contributed by atoms with Gasteiger partial charge in [0, 0.05) is 21.8 Å². The maximum atomic E-state index is 5.90. The summed E-state index contributed by atoms with van der Waals surface area (Å²) in [5.74, 6) is 0.985. The number of nitrogens with two attached hydrogens (primary N) is 1. The van der Waals surface area contributed by atoms with E-state index in [0.717, 1.165) is 33.3 Å². The van der Waals surface area contributed by atoms with Gasteiger partial charge in [0.05, 0.1) is 12.2 Å². The van der Waals surface area contributed by atoms with E-state index in [4.69, 9.17) is 18.0 Å². The molecule has 0 spiro atoms. The Labute approximate surface area is 135 Å². The van der Waals surface area contributed by atoms with Crippen LogP contribution in [0.15, 0.2) is 41.3 Å². The Morgan fingerprint density at radius 1 is 1.29 bits per heavy atom. The second kappa shape index (κ2) is 7.43. The van der Waals surface area contributed by atoms with Crippen molar-refractivity contribution in [2.24, 2.45) is 5.73 Å². The Kier molecular flexibility index (Phi) is 5.59. The van der Waals surface area contributed by atoms with Crippen LogP contribution in [-0.4, -0.2) is 15.7 Å². The van der Waals surface area contributed by atoms with Gasteiger partial charge in [-0.3, -0.25) is 4.98 Å². The zero-order valence-corrected chi connectivity index (χ0v) is 13.9. The summed E-state index contributed by atoms with van der Waals surface area (Å²) >= 11 is 6.96. The Morgan fingerprint density at radius 3 is 2.71 bits per heavy atom. The summed E-state index contributed by atoms with van der Waals surface area (Å²) < 4.78 is 0. The van der Waals surface area contributed by atoms with E-state index >= 15 is 0 Å². The van der Waals surface area contributed by atoms with Gasteiger partial charge in [0.1, 0.15) is 4.99 Å². The van der Waals surface area contributed by atoms with Crippen molar-refractivity contribution in [3.8, 4) is 0 Å². The van der Waals surface area contributed by atoms with E-state index in [1.54, 1.807) is 11.8 Å². The van der Waals surface area contributed by atoms with E-state index in [1.165, 1.54) is 0 Å². The third-order valence-electron chi connectivity index (χ3n) is 2.98. The summed E-state index contributed by atoms with van der Waals surface area (Å²) in [6.07, 6.45) is 0. The van der Waals surface area contributed by atoms with Crippen LogP contribution in [0.25, 0.3) is 0 Å². The molecule has 1 aromatic heterocycles. The van der Waals surface area contributed by atoms with E-state index in [2.05, 4.69) is 23.3 Å². The number of hydrogen-bond acceptors (Lipinski definition) is 4. The molecule has 0 aliphatic heterocycles. The van der Waals surface area contributed by atoms with Crippen molar-refractivity contribution in [2.75, 3.05) is 11.1 Å². The lowest BCUT2D eigenvalue weighted by molar-refractivity contribution is 1.01. The second-order valence-corrected chi connectivity index (χ2v) is 6.35. The molecule has 0 unspecified atom stereocenters. The fraction of sp³-hybridized carbons (Fsp3) is 0.250. The topological polar surface area (TPSA) is 50.9 Å². The molecule has 3 nitrogen and oxygen atoms in total. The molecule has 0 fully saturated rings. The smallest absolute Gasteiger partial charge is 0.107 e. The lowest BCUT2D eigenvalue weighted by atomic mass is 10.1. The highest BCUT2D eigenvalue weighted by atomic mass is 32.2. The molecule has 5 heteroatoms. The van der Waals surface area contributed by atoms with E-state index < -0.39 is 0 Å². The lowest BCUT2D eigenvalue weighted by Gasteiger charge is -2.14. The number of hydrogen-bond donors (Lipinski definition) is 2. The summed E-state index contributed by atoms with van der Waals surface area (Å²) in [6, 6.07) is 12.1. The van der Waals surface area contributed by atoms with E-state index in [0.29, 0.717) is 11.5 Å². The minimum atomic E-state index is 0.422. The number of aromatic nitrogens is 1. The van der Waals surface area contributed by atoms with Crippen LogP contribution in [0.5, 0.6) is 0 Å². The second-order valence-electron chi connectivity index (χ2n) is 4.60. The first-order valence-electron chi connectivity index (χ1n) is 6.84. The maximum Gasteiger partial charge on any atom is 0.107 e. The quantitative estimate of drug-likeness (QED) is 0.628. The predicted molar refractivity (Wildman–Crippen MR) is 95.0 cm³/mol. The van der Waals surface area contributed by atoms with Crippen molar-refractivity contribution < 1.29 is 0 Å². The molecule has 0 radical (unpaired) electrons. The molecule has 1 aromatic carbocycles. The average molecular weight is 317 g/mol. The van der Waals surface area contributed by atoms with Gasteiger partial charge in [0.15, 0.2) is 0 Å². The average Bonchev–Trinajstić information content (AvgIpc) is 2.45. The Morgan fingerprint density at radius 2 is 2.05 bits per heavy atom. The molecule has 1 heterocycles. The monoisotopic (exact) mass is 317 g/mol. The van der Waals surface area contributed by atoms with Gasteiger partial charge in [-0.05, 0) is 36.9 Å². The van der Waals surface area contributed by atoms with Crippen LogP contribution in [0.3, 0.4) is 0 Å². The predicted octanol–water partition coefficient (Wildman–Crippen LogP) is 3.75. The van der Waals surface area contributed by atoms with Crippen LogP contribution in [0, 0.1) is 6.92 Å². The molecule has 0 bridgehead atoms. The first kappa shape index (κ1) is 15.8. The van der Waals surface area contributed by atoms with Crippen molar-refractivity contribution in [1.29, 1.82) is 0 Å². The molecule has 0 atom stereocenters. The number of nitrogens with one attached hydrogen (secondary N) is 1. The summed E-state index contributed by atoms with van der Waals surface area (Å²) in [4.78, 5) is 6.03.